The van der Waals surface area contributed by atoms with Crippen LogP contribution in [0.15, 0.2) is 0 Å². The first kappa shape index (κ1) is 15.5. The smallest absolute Gasteiger partial charge is 0.237 e. The lowest BCUT2D eigenvalue weighted by Gasteiger charge is -2.39. The highest BCUT2D eigenvalue weighted by Gasteiger charge is 2.30. The highest BCUT2D eigenvalue weighted by Crippen LogP contribution is 2.22. The van der Waals surface area contributed by atoms with Gasteiger partial charge in [0.1, 0.15) is 0 Å². The molecule has 1 rings (SSSR count). The monoisotopic (exact) mass is 254 g/mol. The van der Waals surface area contributed by atoms with E-state index in [1.54, 1.807) is 0 Å². The Balaban J connectivity index is 2.58. The van der Waals surface area contributed by atoms with Crippen molar-refractivity contribution in [2.24, 2.45) is 11.8 Å². The molecule has 18 heavy (non-hydrogen) atoms. The van der Waals surface area contributed by atoms with Gasteiger partial charge in [-0.1, -0.05) is 20.8 Å². The van der Waals surface area contributed by atoms with Crippen LogP contribution < -0.4 is 5.32 Å². The van der Waals surface area contributed by atoms with Crippen LogP contribution in [-0.4, -0.2) is 35.5 Å². The van der Waals surface area contributed by atoms with E-state index >= 15 is 0 Å². The summed E-state index contributed by atoms with van der Waals surface area (Å²) in [7, 11) is 0. The Morgan fingerprint density at radius 2 is 1.83 bits per heavy atom. The predicted octanol–water partition coefficient (Wildman–Crippen LogP) is 2.66. The summed E-state index contributed by atoms with van der Waals surface area (Å²) in [6.07, 6.45) is 2.24. The normalized spacial score (nSPS) is 27.9. The molecule has 0 aromatic heterocycles. The van der Waals surface area contributed by atoms with Gasteiger partial charge in [-0.2, -0.15) is 0 Å². The number of amides is 1. The Labute approximate surface area is 112 Å². The maximum atomic E-state index is 12.3. The minimum atomic E-state index is -0.0988. The fourth-order valence-electron chi connectivity index (χ4n) is 2.72. The van der Waals surface area contributed by atoms with Gasteiger partial charge in [0.15, 0.2) is 0 Å². The van der Waals surface area contributed by atoms with Crippen molar-refractivity contribution in [3.63, 3.8) is 0 Å². The molecule has 1 saturated heterocycles. The zero-order valence-electron chi connectivity index (χ0n) is 12.9. The number of carbonyl (C=O) groups is 1. The first-order valence-corrected chi connectivity index (χ1v) is 7.31. The Bertz CT molecular complexity index is 278. The quantitative estimate of drug-likeness (QED) is 0.836. The molecule has 1 aliphatic rings. The van der Waals surface area contributed by atoms with Gasteiger partial charge in [-0.3, -0.25) is 9.69 Å². The van der Waals surface area contributed by atoms with Crippen LogP contribution in [0.2, 0.25) is 0 Å². The van der Waals surface area contributed by atoms with Gasteiger partial charge in [-0.15, -0.1) is 0 Å². The number of piperidine rings is 1. The second-order valence-electron chi connectivity index (χ2n) is 6.80. The molecular weight excluding hydrogens is 224 g/mol. The zero-order valence-corrected chi connectivity index (χ0v) is 12.9. The third-order valence-electron chi connectivity index (χ3n) is 4.17. The van der Waals surface area contributed by atoms with Crippen LogP contribution in [0.1, 0.15) is 54.4 Å². The van der Waals surface area contributed by atoms with Crippen molar-refractivity contribution < 1.29 is 4.79 Å². The number of likely N-dealkylation sites (tertiary alicyclic amines) is 1. The summed E-state index contributed by atoms with van der Waals surface area (Å²) in [5, 5.41) is 3.15. The summed E-state index contributed by atoms with van der Waals surface area (Å²) in [4.78, 5) is 14.6. The van der Waals surface area contributed by atoms with Gasteiger partial charge in [0.25, 0.3) is 0 Å². The fraction of sp³-hybridized carbons (Fsp3) is 0.933. The molecule has 0 radical (unpaired) electrons. The van der Waals surface area contributed by atoms with Crippen molar-refractivity contribution in [2.45, 2.75) is 66.0 Å². The molecule has 106 valence electrons. The van der Waals surface area contributed by atoms with E-state index in [0.29, 0.717) is 11.8 Å². The molecule has 3 heteroatoms. The Morgan fingerprint density at radius 3 is 2.28 bits per heavy atom. The minimum absolute atomic E-state index is 0.0129. The molecule has 3 atom stereocenters. The van der Waals surface area contributed by atoms with Crippen molar-refractivity contribution in [2.75, 3.05) is 13.1 Å². The van der Waals surface area contributed by atoms with E-state index in [2.05, 4.69) is 44.8 Å². The molecule has 0 aromatic carbocycles. The molecule has 3 nitrogen and oxygen atoms in total. The summed E-state index contributed by atoms with van der Waals surface area (Å²) in [6, 6.07) is -0.0129. The molecule has 0 saturated carbocycles. The molecular formula is C15H30N2O. The van der Waals surface area contributed by atoms with Crippen molar-refractivity contribution in [3.05, 3.63) is 0 Å². The van der Waals surface area contributed by atoms with Gasteiger partial charge in [-0.25, -0.2) is 0 Å². The van der Waals surface area contributed by atoms with Crippen molar-refractivity contribution >= 4 is 5.91 Å². The Kier molecular flexibility index (Phi) is 5.20. The SMILES string of the molecule is CCC(C)(C)NC(=O)C(C)N1CC(C)CC(C)C1. The molecule has 1 fully saturated rings. The average molecular weight is 254 g/mol. The van der Waals surface area contributed by atoms with Gasteiger partial charge >= 0.3 is 0 Å². The van der Waals surface area contributed by atoms with E-state index < -0.39 is 0 Å². The summed E-state index contributed by atoms with van der Waals surface area (Å²) >= 11 is 0. The number of nitrogens with zero attached hydrogens (tertiary/aromatic N) is 1. The van der Waals surface area contributed by atoms with Crippen LogP contribution >= 0.6 is 0 Å². The third kappa shape index (κ3) is 4.27. The summed E-state index contributed by atoms with van der Waals surface area (Å²) in [6.45, 7) is 15.0. The van der Waals surface area contributed by atoms with E-state index in [0.717, 1.165) is 19.5 Å². The largest absolute Gasteiger partial charge is 0.350 e. The molecule has 1 amide bonds. The van der Waals surface area contributed by atoms with Gasteiger partial charge in [-0.05, 0) is 45.4 Å². The van der Waals surface area contributed by atoms with E-state index in [1.807, 2.05) is 6.92 Å². The number of hydrogen-bond donors (Lipinski definition) is 1. The highest BCUT2D eigenvalue weighted by molar-refractivity contribution is 5.82. The van der Waals surface area contributed by atoms with Crippen LogP contribution in [-0.2, 0) is 4.79 Å². The van der Waals surface area contributed by atoms with Crippen LogP contribution in [0.25, 0.3) is 0 Å². The summed E-state index contributed by atoms with van der Waals surface area (Å²) in [5.41, 5.74) is -0.0988. The summed E-state index contributed by atoms with van der Waals surface area (Å²) < 4.78 is 0. The summed E-state index contributed by atoms with van der Waals surface area (Å²) in [5.74, 6) is 1.56. The fourth-order valence-corrected chi connectivity index (χ4v) is 2.72. The molecule has 1 aliphatic heterocycles. The minimum Gasteiger partial charge on any atom is -0.350 e. The van der Waals surface area contributed by atoms with Crippen LogP contribution in [0.4, 0.5) is 0 Å². The van der Waals surface area contributed by atoms with Gasteiger partial charge in [0.05, 0.1) is 6.04 Å². The second kappa shape index (κ2) is 6.05. The van der Waals surface area contributed by atoms with E-state index in [4.69, 9.17) is 0 Å². The molecule has 1 N–H and O–H groups in total. The first-order chi connectivity index (χ1) is 8.25. The third-order valence-corrected chi connectivity index (χ3v) is 4.17. The number of rotatable bonds is 4. The highest BCUT2D eigenvalue weighted by atomic mass is 16.2. The lowest BCUT2D eigenvalue weighted by Crippen LogP contribution is -2.54. The second-order valence-corrected chi connectivity index (χ2v) is 6.80. The zero-order chi connectivity index (χ0) is 13.9. The average Bonchev–Trinajstić information content (AvgIpc) is 2.26. The van der Waals surface area contributed by atoms with Crippen molar-refractivity contribution in [1.29, 1.82) is 0 Å². The van der Waals surface area contributed by atoms with Crippen molar-refractivity contribution in [1.82, 2.24) is 10.2 Å². The lowest BCUT2D eigenvalue weighted by molar-refractivity contribution is -0.128. The van der Waals surface area contributed by atoms with Crippen molar-refractivity contribution in [3.8, 4) is 0 Å². The maximum Gasteiger partial charge on any atom is 0.237 e. The van der Waals surface area contributed by atoms with E-state index in [-0.39, 0.29) is 17.5 Å². The first-order valence-electron chi connectivity index (χ1n) is 7.31. The number of carbonyl (C=O) groups excluding carboxylic acids is 1. The van der Waals surface area contributed by atoms with Gasteiger partial charge in [0, 0.05) is 18.6 Å². The Hall–Kier alpha value is -0.570. The predicted molar refractivity (Wildman–Crippen MR) is 76.5 cm³/mol. The standard InChI is InChI=1S/C15H30N2O/c1-7-15(5,6)16-14(18)13(4)17-9-11(2)8-12(3)10-17/h11-13H,7-10H2,1-6H3,(H,16,18). The molecule has 0 spiro atoms. The molecule has 1 heterocycles. The molecule has 0 aromatic rings. The van der Waals surface area contributed by atoms with Crippen LogP contribution in [0.5, 0.6) is 0 Å². The Morgan fingerprint density at radius 1 is 1.33 bits per heavy atom. The van der Waals surface area contributed by atoms with Gasteiger partial charge in [0.2, 0.25) is 5.91 Å². The van der Waals surface area contributed by atoms with Crippen LogP contribution in [0.3, 0.4) is 0 Å². The number of hydrogen-bond acceptors (Lipinski definition) is 2. The molecule has 0 aliphatic carbocycles. The van der Waals surface area contributed by atoms with Crippen LogP contribution in [0, 0.1) is 11.8 Å². The van der Waals surface area contributed by atoms with E-state index in [1.165, 1.54) is 6.42 Å². The molecule has 0 bridgehead atoms. The van der Waals surface area contributed by atoms with Gasteiger partial charge < -0.3 is 5.32 Å². The molecule has 3 unspecified atom stereocenters. The number of nitrogens with one attached hydrogen (secondary N) is 1. The lowest BCUT2D eigenvalue weighted by atomic mass is 9.91. The maximum absolute atomic E-state index is 12.3. The topological polar surface area (TPSA) is 32.3 Å². The van der Waals surface area contributed by atoms with E-state index in [9.17, 15) is 4.79 Å².